The lowest BCUT2D eigenvalue weighted by Gasteiger charge is -2.19. The van der Waals surface area contributed by atoms with Crippen LogP contribution in [0.4, 0.5) is 22.7 Å². The van der Waals surface area contributed by atoms with Gasteiger partial charge in [-0.1, -0.05) is 30.3 Å². The molecule has 30 heavy (non-hydrogen) atoms. The third-order valence-electron chi connectivity index (χ3n) is 4.32. The lowest BCUT2D eigenvalue weighted by atomic mass is 10.2. The van der Waals surface area contributed by atoms with Crippen molar-refractivity contribution in [3.63, 3.8) is 0 Å². The normalized spacial score (nSPS) is 11.4. The van der Waals surface area contributed by atoms with Gasteiger partial charge in [-0.15, -0.1) is 0 Å². The maximum absolute atomic E-state index is 11.4. The molecule has 0 saturated heterocycles. The molecule has 0 fully saturated rings. The number of nitro benzene ring substituents is 1. The van der Waals surface area contributed by atoms with E-state index in [0.29, 0.717) is 0 Å². The number of hydrogen-bond acceptors (Lipinski definition) is 7. The molecule has 9 nitrogen and oxygen atoms in total. The summed E-state index contributed by atoms with van der Waals surface area (Å²) >= 11 is 0. The number of primary sulfonamides is 1. The van der Waals surface area contributed by atoms with Crippen LogP contribution >= 0.6 is 0 Å². The summed E-state index contributed by atoms with van der Waals surface area (Å²) in [6.45, 7) is 0. The summed E-state index contributed by atoms with van der Waals surface area (Å²) in [4.78, 5) is 12.2. The zero-order valence-corrected chi connectivity index (χ0v) is 16.8. The average molecular weight is 425 g/mol. The summed E-state index contributed by atoms with van der Waals surface area (Å²) in [6, 6.07) is 20.8. The van der Waals surface area contributed by atoms with Crippen LogP contribution in [-0.2, 0) is 10.0 Å². The van der Waals surface area contributed by atoms with Crippen molar-refractivity contribution >= 4 is 39.0 Å². The first-order valence-corrected chi connectivity index (χ1v) is 10.3. The second-order valence-corrected chi connectivity index (χ2v) is 7.90. The highest BCUT2D eigenvalue weighted by Gasteiger charge is 2.18. The zero-order valence-electron chi connectivity index (χ0n) is 16.0. The Labute approximate surface area is 173 Å². The molecule has 3 N–H and O–H groups in total. The first-order chi connectivity index (χ1) is 14.3. The number of para-hydroxylation sites is 1. The van der Waals surface area contributed by atoms with Crippen molar-refractivity contribution in [3.8, 4) is 0 Å². The standard InChI is InChI=1S/C20H19N5O4S/c1-24(16-5-3-2-4-6-16)17-9-7-15(8-10-17)14-22-23-19-12-11-18(30(21,28)29)13-20(19)25(26)27/h2-14,23H,1H3,(H2,21,28,29)/b22-14+. The molecule has 0 aromatic heterocycles. The van der Waals surface area contributed by atoms with Crippen LogP contribution in [-0.4, -0.2) is 26.6 Å². The van der Waals surface area contributed by atoms with Gasteiger partial charge in [-0.3, -0.25) is 15.5 Å². The highest BCUT2D eigenvalue weighted by Crippen LogP contribution is 2.27. The number of sulfonamides is 1. The fourth-order valence-electron chi connectivity index (χ4n) is 2.70. The minimum atomic E-state index is -4.05. The van der Waals surface area contributed by atoms with Gasteiger partial charge in [-0.2, -0.15) is 5.10 Å². The van der Waals surface area contributed by atoms with E-state index in [2.05, 4.69) is 10.5 Å². The van der Waals surface area contributed by atoms with E-state index in [1.165, 1.54) is 18.3 Å². The number of nitrogens with one attached hydrogen (secondary N) is 1. The molecule has 0 unspecified atom stereocenters. The van der Waals surface area contributed by atoms with Crippen LogP contribution in [0, 0.1) is 10.1 Å². The van der Waals surface area contributed by atoms with Gasteiger partial charge in [-0.05, 0) is 42.0 Å². The molecular weight excluding hydrogens is 406 g/mol. The minimum absolute atomic E-state index is 0.0454. The monoisotopic (exact) mass is 425 g/mol. The van der Waals surface area contributed by atoms with Gasteiger partial charge >= 0.3 is 0 Å². The van der Waals surface area contributed by atoms with Crippen molar-refractivity contribution in [2.45, 2.75) is 4.90 Å². The number of hydrogen-bond donors (Lipinski definition) is 2. The van der Waals surface area contributed by atoms with E-state index in [4.69, 9.17) is 5.14 Å². The summed E-state index contributed by atoms with van der Waals surface area (Å²) in [5.74, 6) is 0. The number of benzene rings is 3. The molecule has 0 spiro atoms. The lowest BCUT2D eigenvalue weighted by molar-refractivity contribution is -0.384. The van der Waals surface area contributed by atoms with E-state index in [1.54, 1.807) is 0 Å². The van der Waals surface area contributed by atoms with E-state index in [0.717, 1.165) is 23.0 Å². The Morgan fingerprint density at radius 3 is 2.27 bits per heavy atom. The van der Waals surface area contributed by atoms with E-state index in [-0.39, 0.29) is 10.6 Å². The first-order valence-electron chi connectivity index (χ1n) is 8.75. The van der Waals surface area contributed by atoms with Crippen LogP contribution in [0.5, 0.6) is 0 Å². The maximum atomic E-state index is 11.4. The molecule has 0 saturated carbocycles. The Kier molecular flexibility index (Phi) is 6.09. The first kappa shape index (κ1) is 21.0. The molecule has 0 aliphatic rings. The van der Waals surface area contributed by atoms with Gasteiger partial charge in [0.1, 0.15) is 5.69 Å². The second-order valence-electron chi connectivity index (χ2n) is 6.34. The van der Waals surface area contributed by atoms with E-state index in [9.17, 15) is 18.5 Å². The summed E-state index contributed by atoms with van der Waals surface area (Å²) < 4.78 is 22.8. The Morgan fingerprint density at radius 2 is 1.67 bits per heavy atom. The van der Waals surface area contributed by atoms with Gasteiger partial charge in [0, 0.05) is 24.5 Å². The lowest BCUT2D eigenvalue weighted by Crippen LogP contribution is -2.12. The Balaban J connectivity index is 1.73. The fraction of sp³-hybridized carbons (Fsp3) is 0.0500. The van der Waals surface area contributed by atoms with Gasteiger partial charge in [-0.25, -0.2) is 13.6 Å². The molecule has 0 radical (unpaired) electrons. The second kappa shape index (κ2) is 8.72. The number of rotatable bonds is 7. The fourth-order valence-corrected chi connectivity index (χ4v) is 3.23. The highest BCUT2D eigenvalue weighted by molar-refractivity contribution is 7.89. The number of nitro groups is 1. The largest absolute Gasteiger partial charge is 0.345 e. The van der Waals surface area contributed by atoms with E-state index in [1.807, 2.05) is 66.5 Å². The number of anilines is 3. The summed E-state index contributed by atoms with van der Waals surface area (Å²) in [6.07, 6.45) is 1.50. The highest BCUT2D eigenvalue weighted by atomic mass is 32.2. The van der Waals surface area contributed by atoms with Crippen molar-refractivity contribution < 1.29 is 13.3 Å². The molecular formula is C20H19N5O4S. The van der Waals surface area contributed by atoms with Crippen molar-refractivity contribution in [3.05, 3.63) is 88.5 Å². The molecule has 154 valence electrons. The van der Waals surface area contributed by atoms with Crippen LogP contribution < -0.4 is 15.5 Å². The molecule has 0 aliphatic carbocycles. The Bertz CT molecular complexity index is 1180. The van der Waals surface area contributed by atoms with Crippen molar-refractivity contribution in [1.29, 1.82) is 0 Å². The van der Waals surface area contributed by atoms with Crippen LogP contribution in [0.2, 0.25) is 0 Å². The van der Waals surface area contributed by atoms with Crippen LogP contribution in [0.25, 0.3) is 0 Å². The van der Waals surface area contributed by atoms with Gasteiger partial charge in [0.15, 0.2) is 0 Å². The molecule has 3 rings (SSSR count). The van der Waals surface area contributed by atoms with Crippen LogP contribution in [0.3, 0.4) is 0 Å². The molecule has 0 amide bonds. The predicted molar refractivity (Wildman–Crippen MR) is 117 cm³/mol. The minimum Gasteiger partial charge on any atom is -0.345 e. The molecule has 10 heteroatoms. The topological polar surface area (TPSA) is 131 Å². The number of nitrogens with two attached hydrogens (primary N) is 1. The third kappa shape index (κ3) is 4.99. The third-order valence-corrected chi connectivity index (χ3v) is 5.23. The van der Waals surface area contributed by atoms with E-state index < -0.39 is 20.6 Å². The van der Waals surface area contributed by atoms with Gasteiger partial charge in [0.05, 0.1) is 16.0 Å². The smallest absolute Gasteiger partial charge is 0.295 e. The molecule has 0 bridgehead atoms. The maximum Gasteiger partial charge on any atom is 0.295 e. The quantitative estimate of drug-likeness (QED) is 0.339. The Morgan fingerprint density at radius 1 is 1.03 bits per heavy atom. The van der Waals surface area contributed by atoms with Gasteiger partial charge < -0.3 is 4.90 Å². The summed E-state index contributed by atoms with van der Waals surface area (Å²) in [5.41, 5.74) is 4.98. The number of hydrazone groups is 1. The number of nitrogens with zero attached hydrogens (tertiary/aromatic N) is 3. The van der Waals surface area contributed by atoms with E-state index >= 15 is 0 Å². The molecule has 3 aromatic rings. The van der Waals surface area contributed by atoms with Crippen LogP contribution in [0.15, 0.2) is 82.8 Å². The molecule has 0 atom stereocenters. The average Bonchev–Trinajstić information content (AvgIpc) is 2.73. The van der Waals surface area contributed by atoms with Crippen LogP contribution in [0.1, 0.15) is 5.56 Å². The molecule has 0 heterocycles. The summed E-state index contributed by atoms with van der Waals surface area (Å²) in [7, 11) is -2.08. The molecule has 3 aromatic carbocycles. The molecule has 0 aliphatic heterocycles. The van der Waals surface area contributed by atoms with Crippen molar-refractivity contribution in [2.75, 3.05) is 17.4 Å². The van der Waals surface area contributed by atoms with Gasteiger partial charge in [0.2, 0.25) is 10.0 Å². The van der Waals surface area contributed by atoms with Gasteiger partial charge in [0.25, 0.3) is 5.69 Å². The summed E-state index contributed by atoms with van der Waals surface area (Å²) in [5, 5.41) is 20.3. The predicted octanol–water partition coefficient (Wildman–Crippen LogP) is 3.46. The van der Waals surface area contributed by atoms with Crippen molar-refractivity contribution in [2.24, 2.45) is 10.2 Å². The Hall–Kier alpha value is -3.76. The SMILES string of the molecule is CN(c1ccccc1)c1ccc(/C=N/Nc2ccc(S(N)(=O)=O)cc2[N+](=O)[O-])cc1. The zero-order chi connectivity index (χ0) is 21.7. The van der Waals surface area contributed by atoms with Crippen molar-refractivity contribution in [1.82, 2.24) is 0 Å².